The first-order valence-electron chi connectivity index (χ1n) is 5.27. The van der Waals surface area contributed by atoms with Crippen molar-refractivity contribution in [3.63, 3.8) is 0 Å². The van der Waals surface area contributed by atoms with Crippen molar-refractivity contribution in [2.75, 3.05) is 6.54 Å². The molecule has 1 amide bonds. The molecule has 0 bridgehead atoms. The zero-order valence-corrected chi connectivity index (χ0v) is 12.3. The second kappa shape index (κ2) is 7.07. The van der Waals surface area contributed by atoms with Crippen LogP contribution in [0.4, 0.5) is 0 Å². The van der Waals surface area contributed by atoms with Crippen molar-refractivity contribution in [2.24, 2.45) is 0 Å². The second-order valence-electron chi connectivity index (χ2n) is 3.62. The number of amides is 1. The van der Waals surface area contributed by atoms with Crippen LogP contribution in [0.25, 0.3) is 0 Å². The molecule has 0 spiro atoms. The number of hydrogen-bond donors (Lipinski definition) is 1. The van der Waals surface area contributed by atoms with Gasteiger partial charge in [-0.1, -0.05) is 50.9 Å². The van der Waals surface area contributed by atoms with Crippen LogP contribution < -0.4 is 5.32 Å². The van der Waals surface area contributed by atoms with E-state index in [1.807, 2.05) is 24.3 Å². The molecule has 1 N–H and O–H groups in total. The molecule has 1 aromatic carbocycles. The third-order valence-corrected chi connectivity index (χ3v) is 3.68. The maximum absolute atomic E-state index is 11.6. The Morgan fingerprint density at radius 1 is 1.50 bits per heavy atom. The molecule has 0 fully saturated rings. The van der Waals surface area contributed by atoms with Gasteiger partial charge in [0.2, 0.25) is 5.91 Å². The molecule has 1 unspecified atom stereocenters. The van der Waals surface area contributed by atoms with Gasteiger partial charge in [0, 0.05) is 15.8 Å². The summed E-state index contributed by atoms with van der Waals surface area (Å²) in [5.74, 6) is 0.0657. The number of rotatable bonds is 5. The van der Waals surface area contributed by atoms with Gasteiger partial charge in [-0.3, -0.25) is 4.79 Å². The van der Waals surface area contributed by atoms with Gasteiger partial charge in [-0.15, -0.1) is 0 Å². The Hall–Kier alpha value is -0.350. The van der Waals surface area contributed by atoms with Gasteiger partial charge in [-0.25, -0.2) is 0 Å². The molecule has 0 radical (unpaired) electrons. The molecule has 88 valence electrons. The number of carbonyl (C=O) groups is 1. The smallest absolute Gasteiger partial charge is 0.224 e. The maximum atomic E-state index is 11.6. The molecule has 0 aliphatic heterocycles. The van der Waals surface area contributed by atoms with Gasteiger partial charge in [-0.2, -0.15) is 0 Å². The standard InChI is InChI=1S/C12H15Br2NO/c1-2-10(13)8-15-12(16)7-9-4-3-5-11(14)6-9/h3-6,10H,2,7-8H2,1H3,(H,15,16). The van der Waals surface area contributed by atoms with Crippen molar-refractivity contribution in [3.8, 4) is 0 Å². The monoisotopic (exact) mass is 347 g/mol. The highest BCUT2D eigenvalue weighted by Crippen LogP contribution is 2.12. The van der Waals surface area contributed by atoms with Crippen LogP contribution in [0.15, 0.2) is 28.7 Å². The average molecular weight is 349 g/mol. The first kappa shape index (κ1) is 13.7. The normalized spacial score (nSPS) is 12.2. The molecule has 16 heavy (non-hydrogen) atoms. The van der Waals surface area contributed by atoms with Crippen molar-refractivity contribution in [1.29, 1.82) is 0 Å². The van der Waals surface area contributed by atoms with Gasteiger partial charge in [-0.05, 0) is 24.1 Å². The number of benzene rings is 1. The molecule has 0 aliphatic rings. The molecule has 1 atom stereocenters. The summed E-state index contributed by atoms with van der Waals surface area (Å²) in [5.41, 5.74) is 1.02. The van der Waals surface area contributed by atoms with Gasteiger partial charge < -0.3 is 5.32 Å². The van der Waals surface area contributed by atoms with Crippen LogP contribution in [0.1, 0.15) is 18.9 Å². The zero-order valence-electron chi connectivity index (χ0n) is 9.17. The lowest BCUT2D eigenvalue weighted by Gasteiger charge is -2.08. The minimum absolute atomic E-state index is 0.0657. The van der Waals surface area contributed by atoms with E-state index in [0.717, 1.165) is 16.5 Å². The zero-order chi connectivity index (χ0) is 12.0. The van der Waals surface area contributed by atoms with Crippen LogP contribution >= 0.6 is 31.9 Å². The molecule has 0 saturated heterocycles. The molecule has 2 nitrogen and oxygen atoms in total. The fourth-order valence-electron chi connectivity index (χ4n) is 1.26. The summed E-state index contributed by atoms with van der Waals surface area (Å²) in [5, 5.41) is 2.90. The molecule has 4 heteroatoms. The Morgan fingerprint density at radius 2 is 2.25 bits per heavy atom. The van der Waals surface area contributed by atoms with Gasteiger partial charge in [0.15, 0.2) is 0 Å². The summed E-state index contributed by atoms with van der Waals surface area (Å²) < 4.78 is 1.00. The van der Waals surface area contributed by atoms with Gasteiger partial charge in [0.05, 0.1) is 6.42 Å². The highest BCUT2D eigenvalue weighted by Gasteiger charge is 2.06. The molecular formula is C12H15Br2NO. The molecule has 1 rings (SSSR count). The predicted octanol–water partition coefficient (Wildman–Crippen LogP) is 3.28. The molecule has 0 aliphatic carbocycles. The molecule has 0 heterocycles. The Morgan fingerprint density at radius 3 is 2.88 bits per heavy atom. The number of alkyl halides is 1. The third kappa shape index (κ3) is 5.12. The van der Waals surface area contributed by atoms with Crippen LogP contribution in [0.5, 0.6) is 0 Å². The number of hydrogen-bond acceptors (Lipinski definition) is 1. The van der Waals surface area contributed by atoms with E-state index in [9.17, 15) is 4.79 Å². The Labute approximate surface area is 113 Å². The van der Waals surface area contributed by atoms with Crippen molar-refractivity contribution < 1.29 is 4.79 Å². The number of halogens is 2. The van der Waals surface area contributed by atoms with E-state index in [2.05, 4.69) is 44.1 Å². The highest BCUT2D eigenvalue weighted by atomic mass is 79.9. The van der Waals surface area contributed by atoms with Crippen LogP contribution in [-0.4, -0.2) is 17.3 Å². The lowest BCUT2D eigenvalue weighted by Crippen LogP contribution is -2.30. The lowest BCUT2D eigenvalue weighted by molar-refractivity contribution is -0.120. The summed E-state index contributed by atoms with van der Waals surface area (Å²) in [6, 6.07) is 7.81. The molecule has 1 aromatic rings. The summed E-state index contributed by atoms with van der Waals surface area (Å²) in [6.45, 7) is 2.77. The third-order valence-electron chi connectivity index (χ3n) is 2.22. The Bertz CT molecular complexity index is 355. The fraction of sp³-hybridized carbons (Fsp3) is 0.417. The number of nitrogens with one attached hydrogen (secondary N) is 1. The largest absolute Gasteiger partial charge is 0.355 e. The first-order chi connectivity index (χ1) is 7.61. The summed E-state index contributed by atoms with van der Waals surface area (Å²) in [4.78, 5) is 12.0. The van der Waals surface area contributed by atoms with E-state index in [-0.39, 0.29) is 5.91 Å². The SMILES string of the molecule is CCC(Br)CNC(=O)Cc1cccc(Br)c1. The summed E-state index contributed by atoms with van der Waals surface area (Å²) >= 11 is 6.87. The summed E-state index contributed by atoms with van der Waals surface area (Å²) in [6.07, 6.45) is 1.44. The van der Waals surface area contributed by atoms with Gasteiger partial charge in [0.1, 0.15) is 0 Å². The van der Waals surface area contributed by atoms with Crippen LogP contribution in [0, 0.1) is 0 Å². The van der Waals surface area contributed by atoms with E-state index >= 15 is 0 Å². The van der Waals surface area contributed by atoms with E-state index in [1.165, 1.54) is 0 Å². The van der Waals surface area contributed by atoms with Crippen LogP contribution in [0.3, 0.4) is 0 Å². The molecule has 0 saturated carbocycles. The highest BCUT2D eigenvalue weighted by molar-refractivity contribution is 9.10. The molecule has 0 aromatic heterocycles. The minimum Gasteiger partial charge on any atom is -0.355 e. The van der Waals surface area contributed by atoms with Gasteiger partial charge in [0.25, 0.3) is 0 Å². The van der Waals surface area contributed by atoms with Crippen molar-refractivity contribution in [3.05, 3.63) is 34.3 Å². The van der Waals surface area contributed by atoms with Gasteiger partial charge >= 0.3 is 0 Å². The van der Waals surface area contributed by atoms with E-state index in [1.54, 1.807) is 0 Å². The lowest BCUT2D eigenvalue weighted by atomic mass is 10.1. The predicted molar refractivity (Wildman–Crippen MR) is 73.9 cm³/mol. The maximum Gasteiger partial charge on any atom is 0.224 e. The topological polar surface area (TPSA) is 29.1 Å². The van der Waals surface area contributed by atoms with Crippen molar-refractivity contribution in [1.82, 2.24) is 5.32 Å². The second-order valence-corrected chi connectivity index (χ2v) is 5.83. The minimum atomic E-state index is 0.0657. The van der Waals surface area contributed by atoms with Crippen LogP contribution in [0.2, 0.25) is 0 Å². The quantitative estimate of drug-likeness (QED) is 0.813. The fourth-order valence-corrected chi connectivity index (χ4v) is 1.87. The molecular weight excluding hydrogens is 334 g/mol. The van der Waals surface area contributed by atoms with Crippen LogP contribution in [-0.2, 0) is 11.2 Å². The number of carbonyl (C=O) groups excluding carboxylic acids is 1. The van der Waals surface area contributed by atoms with Crippen molar-refractivity contribution in [2.45, 2.75) is 24.6 Å². The summed E-state index contributed by atoms with van der Waals surface area (Å²) in [7, 11) is 0. The Kier molecular flexibility index (Phi) is 6.06. The average Bonchev–Trinajstić information content (AvgIpc) is 2.26. The van der Waals surface area contributed by atoms with E-state index < -0.39 is 0 Å². The first-order valence-corrected chi connectivity index (χ1v) is 6.98. The van der Waals surface area contributed by atoms with E-state index in [0.29, 0.717) is 17.8 Å². The van der Waals surface area contributed by atoms with E-state index in [4.69, 9.17) is 0 Å². The van der Waals surface area contributed by atoms with Crippen molar-refractivity contribution >= 4 is 37.8 Å². The Balaban J connectivity index is 2.40.